The molecule has 0 spiro atoms. The van der Waals surface area contributed by atoms with Crippen LogP contribution >= 0.6 is 11.3 Å². The van der Waals surface area contributed by atoms with E-state index < -0.39 is 10.0 Å². The second kappa shape index (κ2) is 7.21. The first-order chi connectivity index (χ1) is 12.6. The second-order valence-electron chi connectivity index (χ2n) is 6.97. The van der Waals surface area contributed by atoms with Crippen molar-refractivity contribution >= 4 is 32.7 Å². The van der Waals surface area contributed by atoms with Gasteiger partial charge in [0.2, 0.25) is 0 Å². The molecule has 0 radical (unpaired) electrons. The Morgan fingerprint density at radius 3 is 2.35 bits per heavy atom. The van der Waals surface area contributed by atoms with Gasteiger partial charge in [0.25, 0.3) is 10.0 Å². The minimum Gasteiger partial charge on any atom is -0.367 e. The summed E-state index contributed by atoms with van der Waals surface area (Å²) >= 11 is 1.34. The summed E-state index contributed by atoms with van der Waals surface area (Å²) in [4.78, 5) is 5.85. The topological polar surface area (TPSA) is 43.9 Å². The Hall–Kier alpha value is -1.57. The first-order valence-electron chi connectivity index (χ1n) is 9.21. The van der Waals surface area contributed by atoms with Crippen LogP contribution in [0.4, 0.5) is 11.4 Å². The summed E-state index contributed by atoms with van der Waals surface area (Å²) in [6, 6.07) is 11.5. The highest BCUT2D eigenvalue weighted by Crippen LogP contribution is 2.37. The van der Waals surface area contributed by atoms with Gasteiger partial charge < -0.3 is 9.80 Å². The van der Waals surface area contributed by atoms with Crippen molar-refractivity contribution < 1.29 is 8.42 Å². The molecular weight excluding hydrogens is 366 g/mol. The van der Waals surface area contributed by atoms with Gasteiger partial charge >= 0.3 is 0 Å². The van der Waals surface area contributed by atoms with Crippen molar-refractivity contribution in [3.63, 3.8) is 0 Å². The lowest BCUT2D eigenvalue weighted by atomic mass is 10.2. The SMILES string of the molecule is Cc1ccc(S(=O)(=O)N2CCN(CCN3CCCC3)c3ccccc32)s1. The van der Waals surface area contributed by atoms with Crippen LogP contribution in [-0.2, 0) is 10.0 Å². The molecule has 0 aliphatic carbocycles. The van der Waals surface area contributed by atoms with Crippen LogP contribution in [0.1, 0.15) is 17.7 Å². The molecule has 3 heterocycles. The van der Waals surface area contributed by atoms with E-state index >= 15 is 0 Å². The Morgan fingerprint density at radius 2 is 1.65 bits per heavy atom. The number of aryl methyl sites for hydroxylation is 1. The van der Waals surface area contributed by atoms with Gasteiger partial charge in [-0.15, -0.1) is 11.3 Å². The van der Waals surface area contributed by atoms with Crippen molar-refractivity contribution in [1.82, 2.24) is 4.90 Å². The summed E-state index contributed by atoms with van der Waals surface area (Å²) in [6.07, 6.45) is 2.59. The summed E-state index contributed by atoms with van der Waals surface area (Å²) < 4.78 is 28.3. The molecule has 1 aromatic heterocycles. The number of rotatable bonds is 5. The molecule has 5 nitrogen and oxygen atoms in total. The third kappa shape index (κ3) is 3.35. The smallest absolute Gasteiger partial charge is 0.273 e. The highest BCUT2D eigenvalue weighted by atomic mass is 32.2. The molecule has 4 rings (SSSR count). The molecular formula is C19H25N3O2S2. The van der Waals surface area contributed by atoms with Crippen LogP contribution in [0.15, 0.2) is 40.6 Å². The Balaban J connectivity index is 1.59. The van der Waals surface area contributed by atoms with Crippen molar-refractivity contribution in [2.75, 3.05) is 48.5 Å². The fourth-order valence-electron chi connectivity index (χ4n) is 3.80. The molecule has 2 aromatic rings. The zero-order chi connectivity index (χ0) is 18.1. The van der Waals surface area contributed by atoms with Crippen molar-refractivity contribution in [2.24, 2.45) is 0 Å². The number of anilines is 2. The highest BCUT2D eigenvalue weighted by Gasteiger charge is 2.32. The first-order valence-corrected chi connectivity index (χ1v) is 11.5. The number of sulfonamides is 1. The van der Waals surface area contributed by atoms with E-state index in [0.29, 0.717) is 10.8 Å². The summed E-state index contributed by atoms with van der Waals surface area (Å²) in [5.41, 5.74) is 1.82. The van der Waals surface area contributed by atoms with Gasteiger partial charge in [0.15, 0.2) is 0 Å². The average Bonchev–Trinajstić information content (AvgIpc) is 3.31. The van der Waals surface area contributed by atoms with E-state index in [1.54, 1.807) is 10.4 Å². The van der Waals surface area contributed by atoms with Gasteiger partial charge in [0.1, 0.15) is 4.21 Å². The van der Waals surface area contributed by atoms with Crippen molar-refractivity contribution in [3.05, 3.63) is 41.3 Å². The number of nitrogens with zero attached hydrogens (tertiary/aromatic N) is 3. The number of benzene rings is 1. The van der Waals surface area contributed by atoms with Crippen LogP contribution in [0.25, 0.3) is 0 Å². The van der Waals surface area contributed by atoms with Crippen molar-refractivity contribution in [3.8, 4) is 0 Å². The monoisotopic (exact) mass is 391 g/mol. The van der Waals surface area contributed by atoms with Crippen LogP contribution in [0.2, 0.25) is 0 Å². The maximum atomic E-state index is 13.1. The van der Waals surface area contributed by atoms with Crippen LogP contribution in [0.5, 0.6) is 0 Å². The number of hydrogen-bond acceptors (Lipinski definition) is 5. The lowest BCUT2D eigenvalue weighted by Crippen LogP contribution is -2.46. The van der Waals surface area contributed by atoms with E-state index in [2.05, 4.69) is 9.80 Å². The zero-order valence-corrected chi connectivity index (χ0v) is 16.7. The largest absolute Gasteiger partial charge is 0.367 e. The van der Waals surface area contributed by atoms with Crippen LogP contribution in [0.3, 0.4) is 0 Å². The van der Waals surface area contributed by atoms with E-state index in [0.717, 1.165) is 35.9 Å². The third-order valence-electron chi connectivity index (χ3n) is 5.21. The standard InChI is InChI=1S/C19H25N3O2S2/c1-16-8-9-19(25-16)26(23,24)22-15-14-21(13-12-20-10-4-5-11-20)17-6-2-3-7-18(17)22/h2-3,6-9H,4-5,10-15H2,1H3. The summed E-state index contributed by atoms with van der Waals surface area (Å²) in [6.45, 7) is 7.54. The van der Waals surface area contributed by atoms with E-state index in [9.17, 15) is 8.42 Å². The maximum Gasteiger partial charge on any atom is 0.273 e. The minimum atomic E-state index is -3.49. The highest BCUT2D eigenvalue weighted by molar-refractivity contribution is 7.94. The molecule has 7 heteroatoms. The van der Waals surface area contributed by atoms with Gasteiger partial charge in [-0.05, 0) is 57.1 Å². The molecule has 1 fully saturated rings. The van der Waals surface area contributed by atoms with Crippen molar-refractivity contribution in [1.29, 1.82) is 0 Å². The molecule has 2 aliphatic rings. The number of hydrogen-bond donors (Lipinski definition) is 0. The Morgan fingerprint density at radius 1 is 0.923 bits per heavy atom. The molecule has 26 heavy (non-hydrogen) atoms. The van der Waals surface area contributed by atoms with Crippen LogP contribution in [-0.4, -0.2) is 52.6 Å². The van der Waals surface area contributed by atoms with Gasteiger partial charge in [0, 0.05) is 24.5 Å². The lowest BCUT2D eigenvalue weighted by Gasteiger charge is -2.38. The normalized spacial score (nSPS) is 18.3. The molecule has 1 saturated heterocycles. The quantitative estimate of drug-likeness (QED) is 0.785. The molecule has 140 valence electrons. The fraction of sp³-hybridized carbons (Fsp3) is 0.474. The molecule has 0 bridgehead atoms. The van der Waals surface area contributed by atoms with E-state index in [1.165, 1.54) is 37.3 Å². The van der Waals surface area contributed by atoms with E-state index in [1.807, 2.05) is 37.3 Å². The lowest BCUT2D eigenvalue weighted by molar-refractivity contribution is 0.344. The predicted octanol–water partition coefficient (Wildman–Crippen LogP) is 3.17. The Bertz CT molecular complexity index is 872. The average molecular weight is 392 g/mol. The number of thiophene rings is 1. The maximum absolute atomic E-state index is 13.1. The number of likely N-dealkylation sites (tertiary alicyclic amines) is 1. The third-order valence-corrected chi connectivity index (χ3v) is 8.49. The second-order valence-corrected chi connectivity index (χ2v) is 10.3. The molecule has 1 aromatic carbocycles. The number of para-hydroxylation sites is 2. The van der Waals surface area contributed by atoms with Gasteiger partial charge in [-0.3, -0.25) is 4.31 Å². The minimum absolute atomic E-state index is 0.426. The molecule has 0 unspecified atom stereocenters. The summed E-state index contributed by atoms with van der Waals surface area (Å²) in [5.74, 6) is 0. The van der Waals surface area contributed by atoms with Crippen LogP contribution < -0.4 is 9.21 Å². The molecule has 0 atom stereocenters. The van der Waals surface area contributed by atoms with E-state index in [4.69, 9.17) is 0 Å². The van der Waals surface area contributed by atoms with Gasteiger partial charge in [-0.25, -0.2) is 8.42 Å². The fourth-order valence-corrected chi connectivity index (χ4v) is 6.67. The molecule has 0 saturated carbocycles. The Labute approximate surface area is 159 Å². The Kier molecular flexibility index (Phi) is 4.94. The van der Waals surface area contributed by atoms with Gasteiger partial charge in [-0.2, -0.15) is 0 Å². The molecule has 0 N–H and O–H groups in total. The zero-order valence-electron chi connectivity index (χ0n) is 15.1. The summed E-state index contributed by atoms with van der Waals surface area (Å²) in [5, 5.41) is 0. The predicted molar refractivity (Wildman–Crippen MR) is 108 cm³/mol. The molecule has 2 aliphatic heterocycles. The van der Waals surface area contributed by atoms with Gasteiger partial charge in [-0.1, -0.05) is 12.1 Å². The first kappa shape index (κ1) is 17.8. The van der Waals surface area contributed by atoms with Crippen LogP contribution in [0, 0.1) is 6.92 Å². The van der Waals surface area contributed by atoms with E-state index in [-0.39, 0.29) is 0 Å². The number of fused-ring (bicyclic) bond motifs is 1. The van der Waals surface area contributed by atoms with Gasteiger partial charge in [0.05, 0.1) is 17.9 Å². The molecule has 0 amide bonds. The summed E-state index contributed by atoms with van der Waals surface area (Å²) in [7, 11) is -3.49. The van der Waals surface area contributed by atoms with Crippen molar-refractivity contribution in [2.45, 2.75) is 24.0 Å².